The van der Waals surface area contributed by atoms with E-state index in [4.69, 9.17) is 9.47 Å². The number of esters is 1. The number of benzene rings is 2. The van der Waals surface area contributed by atoms with Crippen molar-refractivity contribution in [1.29, 1.82) is 0 Å². The Hall–Kier alpha value is -2.33. The number of carbonyl (C=O) groups is 1. The van der Waals surface area contributed by atoms with Gasteiger partial charge in [0.1, 0.15) is 11.9 Å². The minimum absolute atomic E-state index is 0.0405. The summed E-state index contributed by atoms with van der Waals surface area (Å²) in [6.07, 6.45) is 1.38. The number of rotatable bonds is 5. The molecule has 3 rings (SSSR count). The lowest BCUT2D eigenvalue weighted by atomic mass is 9.62. The molecule has 4 nitrogen and oxygen atoms in total. The minimum Gasteiger partial charge on any atom is -0.493 e. The summed E-state index contributed by atoms with van der Waals surface area (Å²) in [5.74, 6) is 0.334. The fourth-order valence-electron chi connectivity index (χ4n) is 4.20. The topological polar surface area (TPSA) is 55.8 Å². The van der Waals surface area contributed by atoms with Crippen molar-refractivity contribution >= 4 is 5.97 Å². The van der Waals surface area contributed by atoms with Gasteiger partial charge in [-0.3, -0.25) is 0 Å². The quantitative estimate of drug-likeness (QED) is 0.697. The van der Waals surface area contributed by atoms with Gasteiger partial charge in [-0.05, 0) is 71.6 Å². The van der Waals surface area contributed by atoms with E-state index in [-0.39, 0.29) is 16.8 Å². The highest BCUT2D eigenvalue weighted by Gasteiger charge is 2.38. The molecule has 0 aromatic heterocycles. The van der Waals surface area contributed by atoms with Crippen LogP contribution in [0.1, 0.15) is 86.2 Å². The first kappa shape index (κ1) is 21.4. The maximum Gasteiger partial charge on any atom is 0.337 e. The summed E-state index contributed by atoms with van der Waals surface area (Å²) < 4.78 is 10.7. The Bertz CT molecular complexity index is 894. The summed E-state index contributed by atoms with van der Waals surface area (Å²) in [6, 6.07) is 11.1. The van der Waals surface area contributed by atoms with Crippen molar-refractivity contribution in [2.24, 2.45) is 0 Å². The Morgan fingerprint density at radius 3 is 2.10 bits per heavy atom. The third-order valence-corrected chi connectivity index (χ3v) is 6.23. The fourth-order valence-corrected chi connectivity index (χ4v) is 4.20. The van der Waals surface area contributed by atoms with Crippen LogP contribution in [0.25, 0.3) is 0 Å². The van der Waals surface area contributed by atoms with Crippen LogP contribution in [-0.2, 0) is 15.6 Å². The molecule has 0 saturated heterocycles. The van der Waals surface area contributed by atoms with E-state index in [1.165, 1.54) is 18.2 Å². The summed E-state index contributed by atoms with van der Waals surface area (Å²) >= 11 is 0. The molecule has 0 heterocycles. The molecule has 29 heavy (non-hydrogen) atoms. The van der Waals surface area contributed by atoms with E-state index < -0.39 is 6.10 Å². The molecule has 0 spiro atoms. The smallest absolute Gasteiger partial charge is 0.337 e. The molecule has 0 radical (unpaired) electrons. The average molecular weight is 397 g/mol. The van der Waals surface area contributed by atoms with Gasteiger partial charge in [0.2, 0.25) is 0 Å². The second-order valence-electron chi connectivity index (χ2n) is 9.15. The zero-order valence-corrected chi connectivity index (χ0v) is 18.3. The van der Waals surface area contributed by atoms with Crippen LogP contribution in [0.3, 0.4) is 0 Å². The lowest BCUT2D eigenvalue weighted by Gasteiger charge is -2.42. The van der Waals surface area contributed by atoms with Crippen LogP contribution in [0.15, 0.2) is 36.4 Å². The van der Waals surface area contributed by atoms with Gasteiger partial charge in [-0.2, -0.15) is 0 Å². The average Bonchev–Trinajstić information content (AvgIpc) is 2.70. The van der Waals surface area contributed by atoms with Crippen molar-refractivity contribution in [2.75, 3.05) is 13.7 Å². The number of hydrogen-bond donors (Lipinski definition) is 1. The first-order valence-electron chi connectivity index (χ1n) is 10.3. The molecule has 1 atom stereocenters. The highest BCUT2D eigenvalue weighted by atomic mass is 16.5. The van der Waals surface area contributed by atoms with E-state index in [2.05, 4.69) is 39.8 Å². The monoisotopic (exact) mass is 396 g/mol. The van der Waals surface area contributed by atoms with Crippen molar-refractivity contribution in [3.05, 3.63) is 64.2 Å². The van der Waals surface area contributed by atoms with Crippen LogP contribution in [0.4, 0.5) is 0 Å². The zero-order valence-electron chi connectivity index (χ0n) is 18.3. The lowest BCUT2D eigenvalue weighted by molar-refractivity contribution is 0.0600. The maximum absolute atomic E-state index is 11.7. The second kappa shape index (κ2) is 7.83. The number of aliphatic hydroxyl groups excluding tert-OH is 1. The Balaban J connectivity index is 2.09. The van der Waals surface area contributed by atoms with Crippen molar-refractivity contribution < 1.29 is 19.4 Å². The summed E-state index contributed by atoms with van der Waals surface area (Å²) in [6.45, 7) is 11.6. The van der Waals surface area contributed by atoms with E-state index >= 15 is 0 Å². The normalized spacial score (nSPS) is 17.9. The van der Waals surface area contributed by atoms with Crippen LogP contribution in [0.5, 0.6) is 5.75 Å². The SMILES string of the molecule is CCOc1cc2c(cc1C(O)c1ccc(C(=O)OC)cc1)C(C)(C)CCC2(C)C. The van der Waals surface area contributed by atoms with E-state index in [1.54, 1.807) is 24.3 Å². The van der Waals surface area contributed by atoms with Gasteiger partial charge >= 0.3 is 5.97 Å². The molecule has 2 aromatic carbocycles. The molecule has 1 aliphatic rings. The Morgan fingerprint density at radius 2 is 1.59 bits per heavy atom. The Kier molecular flexibility index (Phi) is 5.77. The van der Waals surface area contributed by atoms with Gasteiger partial charge in [-0.15, -0.1) is 0 Å². The van der Waals surface area contributed by atoms with Crippen LogP contribution in [0, 0.1) is 0 Å². The van der Waals surface area contributed by atoms with Crippen molar-refractivity contribution in [2.45, 2.75) is 64.4 Å². The summed E-state index contributed by atoms with van der Waals surface area (Å²) in [4.78, 5) is 11.7. The summed E-state index contributed by atoms with van der Waals surface area (Å²) in [5, 5.41) is 11.2. The van der Waals surface area contributed by atoms with Crippen LogP contribution < -0.4 is 4.74 Å². The number of carbonyl (C=O) groups excluding carboxylic acids is 1. The maximum atomic E-state index is 11.7. The minimum atomic E-state index is -0.839. The number of ether oxygens (including phenoxy) is 2. The van der Waals surface area contributed by atoms with Crippen molar-refractivity contribution in [3.8, 4) is 5.75 Å². The predicted molar refractivity (Wildman–Crippen MR) is 115 cm³/mol. The second-order valence-corrected chi connectivity index (χ2v) is 9.15. The van der Waals surface area contributed by atoms with Gasteiger partial charge < -0.3 is 14.6 Å². The van der Waals surface area contributed by atoms with E-state index in [1.807, 2.05) is 6.92 Å². The predicted octanol–water partition coefficient (Wildman–Crippen LogP) is 5.30. The molecule has 2 aromatic rings. The molecule has 156 valence electrons. The van der Waals surface area contributed by atoms with E-state index in [0.717, 1.165) is 24.2 Å². The zero-order chi connectivity index (χ0) is 21.4. The molecule has 1 N–H and O–H groups in total. The van der Waals surface area contributed by atoms with E-state index in [9.17, 15) is 9.90 Å². The largest absolute Gasteiger partial charge is 0.493 e. The van der Waals surface area contributed by atoms with Crippen LogP contribution >= 0.6 is 0 Å². The van der Waals surface area contributed by atoms with Gasteiger partial charge in [-0.25, -0.2) is 4.79 Å². The summed E-state index contributed by atoms with van der Waals surface area (Å²) in [5.41, 5.74) is 4.63. The first-order valence-corrected chi connectivity index (χ1v) is 10.3. The molecular formula is C25H32O4. The number of hydrogen-bond acceptors (Lipinski definition) is 4. The number of aliphatic hydroxyl groups is 1. The molecule has 0 bridgehead atoms. The van der Waals surface area contributed by atoms with Gasteiger partial charge in [0, 0.05) is 5.56 Å². The van der Waals surface area contributed by atoms with Crippen LogP contribution in [-0.4, -0.2) is 24.8 Å². The summed E-state index contributed by atoms with van der Waals surface area (Å²) in [7, 11) is 1.36. The highest BCUT2D eigenvalue weighted by molar-refractivity contribution is 5.89. The van der Waals surface area contributed by atoms with Gasteiger partial charge in [0.15, 0.2) is 0 Å². The van der Waals surface area contributed by atoms with Crippen molar-refractivity contribution in [3.63, 3.8) is 0 Å². The molecule has 0 fully saturated rings. The Labute approximate surface area is 173 Å². The van der Waals surface area contributed by atoms with Gasteiger partial charge in [-0.1, -0.05) is 39.8 Å². The first-order chi connectivity index (χ1) is 13.6. The number of fused-ring (bicyclic) bond motifs is 1. The highest BCUT2D eigenvalue weighted by Crippen LogP contribution is 2.48. The molecule has 4 heteroatoms. The molecule has 1 aliphatic carbocycles. The third-order valence-electron chi connectivity index (χ3n) is 6.23. The third kappa shape index (κ3) is 4.04. The molecule has 1 unspecified atom stereocenters. The molecule has 0 amide bonds. The van der Waals surface area contributed by atoms with Crippen LogP contribution in [0.2, 0.25) is 0 Å². The Morgan fingerprint density at radius 1 is 1.03 bits per heavy atom. The molecular weight excluding hydrogens is 364 g/mol. The van der Waals surface area contributed by atoms with Gasteiger partial charge in [0.05, 0.1) is 19.3 Å². The van der Waals surface area contributed by atoms with Gasteiger partial charge in [0.25, 0.3) is 0 Å². The standard InChI is InChI=1S/C25H32O4/c1-7-29-21-15-20-19(24(2,3)12-13-25(20,4)5)14-18(21)22(26)16-8-10-17(11-9-16)23(27)28-6/h8-11,14-15,22,26H,7,12-13H2,1-6H3. The number of methoxy groups -OCH3 is 1. The fraction of sp³-hybridized carbons (Fsp3) is 0.480. The van der Waals surface area contributed by atoms with E-state index in [0.29, 0.717) is 17.7 Å². The molecule has 0 saturated carbocycles. The molecule has 0 aliphatic heterocycles. The lowest BCUT2D eigenvalue weighted by Crippen LogP contribution is -2.34. The van der Waals surface area contributed by atoms with Crippen molar-refractivity contribution in [1.82, 2.24) is 0 Å².